The molecule has 0 unspecified atom stereocenters. The minimum Gasteiger partial charge on any atom is -0.394 e. The van der Waals surface area contributed by atoms with E-state index in [4.69, 9.17) is 5.73 Å². The van der Waals surface area contributed by atoms with Crippen LogP contribution in [0.3, 0.4) is 0 Å². The molecule has 0 fully saturated rings. The normalized spacial score (nSPS) is 9.38. The monoisotopic (exact) mass is 250 g/mol. The molecule has 0 rings (SSSR count). The minimum atomic E-state index is -3.65. The topological polar surface area (TPSA) is 93.4 Å². The molecule has 0 aromatic heterocycles. The summed E-state index contributed by atoms with van der Waals surface area (Å²) in [4.78, 5) is 0. The number of halogens is 1. The van der Waals surface area contributed by atoms with Crippen LogP contribution in [0.15, 0.2) is 0 Å². The van der Waals surface area contributed by atoms with Gasteiger partial charge in [-0.05, 0) is 12.2 Å². The van der Waals surface area contributed by atoms with Crippen LogP contribution in [0.2, 0.25) is 0 Å². The molecule has 0 atom stereocenters. The van der Waals surface area contributed by atoms with Crippen LogP contribution in [0.5, 0.6) is 0 Å². The van der Waals surface area contributed by atoms with Gasteiger partial charge in [-0.1, -0.05) is 0 Å². The Morgan fingerprint density at radius 2 is 2.25 bits per heavy atom. The van der Waals surface area contributed by atoms with E-state index in [9.17, 15) is 6.87 Å². The second-order valence-electron chi connectivity index (χ2n) is 0.732. The highest BCUT2D eigenvalue weighted by Gasteiger charge is 2.10. The van der Waals surface area contributed by atoms with Gasteiger partial charge in [-0.25, -0.2) is 0 Å². The maximum absolute atomic E-state index is 9.63. The van der Waals surface area contributed by atoms with Gasteiger partial charge in [0, 0.05) is 0 Å². The first-order chi connectivity index (χ1) is 3.63. The first kappa shape index (κ1) is 8.30. The maximum atomic E-state index is 9.63. The third-order valence-electron chi connectivity index (χ3n) is 0.202. The summed E-state index contributed by atoms with van der Waals surface area (Å²) in [6, 6.07) is 0. The summed E-state index contributed by atoms with van der Waals surface area (Å²) in [5.74, 6) is 0. The fourth-order valence-corrected chi connectivity index (χ4v) is 0.678. The van der Waals surface area contributed by atoms with Crippen LogP contribution in [0, 0.1) is 0 Å². The summed E-state index contributed by atoms with van der Waals surface area (Å²) in [6.45, 7) is 0. The summed E-state index contributed by atoms with van der Waals surface area (Å²) in [5, 5.41) is -0.195. The Hall–Kier alpha value is 0.300. The van der Waals surface area contributed by atoms with E-state index >= 15 is 0 Å². The SMILES string of the molecule is NC(=S)NO[I+2]([O-])[O-]. The Labute approximate surface area is 59.8 Å². The first-order valence-corrected chi connectivity index (χ1v) is 4.46. The van der Waals surface area contributed by atoms with Crippen molar-refractivity contribution in [2.24, 2.45) is 5.73 Å². The number of hydrogen-bond acceptors (Lipinski definition) is 4. The molecule has 0 radical (unpaired) electrons. The predicted octanol–water partition coefficient (Wildman–Crippen LogP) is -6.16. The molecule has 0 aliphatic carbocycles. The van der Waals surface area contributed by atoms with E-state index in [2.05, 4.69) is 15.4 Å². The molecule has 0 bridgehead atoms. The standard InChI is InChI=1S/CH3IN2O3S/c3-1(8)4-7-2(5)6/h(H3,3,4,8). The van der Waals surface area contributed by atoms with Crippen molar-refractivity contribution in [3.8, 4) is 0 Å². The zero-order valence-electron chi connectivity index (χ0n) is 3.59. The van der Waals surface area contributed by atoms with Gasteiger partial charge in [0.05, 0.1) is 0 Å². The van der Waals surface area contributed by atoms with E-state index in [0.717, 1.165) is 0 Å². The van der Waals surface area contributed by atoms with Crippen LogP contribution in [0.4, 0.5) is 0 Å². The van der Waals surface area contributed by atoms with Gasteiger partial charge in [0.25, 0.3) is 0 Å². The van der Waals surface area contributed by atoms with E-state index in [-0.39, 0.29) is 5.11 Å². The van der Waals surface area contributed by atoms with Crippen molar-refractivity contribution < 1.29 is 31.1 Å². The van der Waals surface area contributed by atoms with Gasteiger partial charge >= 0.3 is 21.1 Å². The Kier molecular flexibility index (Phi) is 4.36. The van der Waals surface area contributed by atoms with Crippen molar-refractivity contribution >= 4 is 17.3 Å². The lowest BCUT2D eigenvalue weighted by atomic mass is 11.2. The Morgan fingerprint density at radius 1 is 1.75 bits per heavy atom. The molecule has 5 nitrogen and oxygen atoms in total. The zero-order valence-corrected chi connectivity index (χ0v) is 6.56. The molecule has 0 aliphatic rings. The van der Waals surface area contributed by atoms with Crippen LogP contribution in [0.1, 0.15) is 0 Å². The molecule has 0 amide bonds. The van der Waals surface area contributed by atoms with Crippen LogP contribution in [0.25, 0.3) is 0 Å². The van der Waals surface area contributed by atoms with Gasteiger partial charge in [0.1, 0.15) is 3.17 Å². The molecule has 48 valence electrons. The highest BCUT2D eigenvalue weighted by molar-refractivity contribution is 7.80. The number of rotatable bonds is 2. The van der Waals surface area contributed by atoms with Gasteiger partial charge < -0.3 is 12.6 Å². The van der Waals surface area contributed by atoms with Crippen LogP contribution >= 0.6 is 12.2 Å². The number of hydrogen-bond donors (Lipinski definition) is 2. The summed E-state index contributed by atoms with van der Waals surface area (Å²) in [6.07, 6.45) is 0. The van der Waals surface area contributed by atoms with Crippen molar-refractivity contribution in [3.63, 3.8) is 0 Å². The molecule has 8 heavy (non-hydrogen) atoms. The van der Waals surface area contributed by atoms with Crippen LogP contribution in [-0.4, -0.2) is 5.11 Å². The summed E-state index contributed by atoms with van der Waals surface area (Å²) in [5.41, 5.74) is 6.58. The highest BCUT2D eigenvalue weighted by atomic mass is 127. The Morgan fingerprint density at radius 3 is 2.38 bits per heavy atom. The molecule has 0 heterocycles. The molecule has 0 saturated carbocycles. The van der Waals surface area contributed by atoms with E-state index < -0.39 is 21.1 Å². The molecule has 0 aromatic rings. The number of nitrogens with one attached hydrogen (secondary N) is 1. The average Bonchev–Trinajstić information content (AvgIpc) is 1.61. The lowest BCUT2D eigenvalue weighted by Crippen LogP contribution is -3.99. The van der Waals surface area contributed by atoms with Gasteiger partial charge in [-0.3, -0.25) is 0 Å². The van der Waals surface area contributed by atoms with Crippen LogP contribution < -0.4 is 39.1 Å². The second-order valence-corrected chi connectivity index (χ2v) is 2.69. The van der Waals surface area contributed by atoms with Crippen LogP contribution in [-0.2, 0) is 3.17 Å². The Balaban J connectivity index is 3.05. The molecular formula is CH3IN2O3S. The number of nitrogens with two attached hydrogens (primary N) is 1. The first-order valence-electron chi connectivity index (χ1n) is 1.41. The molecular weight excluding hydrogens is 247 g/mol. The minimum absolute atomic E-state index is 0.195. The highest BCUT2D eigenvalue weighted by Crippen LogP contribution is 1.47. The third kappa shape index (κ3) is 6.30. The zero-order chi connectivity index (χ0) is 6.57. The third-order valence-corrected chi connectivity index (χ3v) is 0.865. The summed E-state index contributed by atoms with van der Waals surface area (Å²) in [7, 11) is 0. The number of hydroxylamine groups is 1. The summed E-state index contributed by atoms with van der Waals surface area (Å²) < 4.78 is 23.1. The molecule has 0 aromatic carbocycles. The predicted molar refractivity (Wildman–Crippen MR) is 21.0 cm³/mol. The molecule has 0 spiro atoms. The lowest BCUT2D eigenvalue weighted by molar-refractivity contribution is -1.63. The van der Waals surface area contributed by atoms with Crippen molar-refractivity contribution in [2.45, 2.75) is 0 Å². The van der Waals surface area contributed by atoms with E-state index in [0.29, 0.717) is 0 Å². The second kappa shape index (κ2) is 4.21. The van der Waals surface area contributed by atoms with Gasteiger partial charge in [0.2, 0.25) is 0 Å². The van der Waals surface area contributed by atoms with Crippen molar-refractivity contribution in [3.05, 3.63) is 0 Å². The molecule has 0 aliphatic heterocycles. The lowest BCUT2D eigenvalue weighted by Gasteiger charge is -1.90. The largest absolute Gasteiger partial charge is 0.540 e. The number of thiocarbonyl (C=S) groups is 1. The van der Waals surface area contributed by atoms with Crippen molar-refractivity contribution in [2.75, 3.05) is 0 Å². The van der Waals surface area contributed by atoms with Gasteiger partial charge in [-0.15, -0.1) is 0 Å². The van der Waals surface area contributed by atoms with E-state index in [1.807, 2.05) is 0 Å². The Bertz CT molecular complexity index is 87.4. The smallest absolute Gasteiger partial charge is 0.394 e. The van der Waals surface area contributed by atoms with E-state index in [1.165, 1.54) is 0 Å². The molecule has 3 N–H and O–H groups in total. The molecule has 0 saturated heterocycles. The molecule has 7 heteroatoms. The fraction of sp³-hybridized carbons (Fsp3) is 0. The van der Waals surface area contributed by atoms with Gasteiger partial charge in [0.15, 0.2) is 5.11 Å². The van der Waals surface area contributed by atoms with Gasteiger partial charge in [-0.2, -0.15) is 5.48 Å². The van der Waals surface area contributed by atoms with E-state index in [1.54, 1.807) is 5.48 Å². The fourth-order valence-electron chi connectivity index (χ4n) is 0.0695. The van der Waals surface area contributed by atoms with Crippen molar-refractivity contribution in [1.29, 1.82) is 0 Å². The van der Waals surface area contributed by atoms with Crippen molar-refractivity contribution in [1.82, 2.24) is 5.48 Å². The maximum Gasteiger partial charge on any atom is 0.540 e. The average molecular weight is 250 g/mol. The quantitative estimate of drug-likeness (QED) is 0.288. The summed E-state index contributed by atoms with van der Waals surface area (Å²) >= 11 is 0.555.